The van der Waals surface area contributed by atoms with Crippen LogP contribution in [0.25, 0.3) is 0 Å². The standard InChI is InChI=1S/C21H22N2O4/c1-14(21(26)27)16-7-9-18(10-8-16)22-20(25)17-11-19(24)23(13-17)12-15-5-3-2-4-6-15/h2-10,14,17H,11-13H2,1H3,(H,22,25)(H,26,27). The topological polar surface area (TPSA) is 86.7 Å². The first kappa shape index (κ1) is 18.6. The third-order valence-electron chi connectivity index (χ3n) is 4.85. The predicted molar refractivity (Wildman–Crippen MR) is 101 cm³/mol. The summed E-state index contributed by atoms with van der Waals surface area (Å²) in [6.45, 7) is 2.51. The maximum atomic E-state index is 12.5. The molecule has 2 atom stereocenters. The van der Waals surface area contributed by atoms with Gasteiger partial charge in [-0.05, 0) is 30.2 Å². The minimum atomic E-state index is -0.894. The van der Waals surface area contributed by atoms with E-state index in [-0.39, 0.29) is 24.2 Å². The van der Waals surface area contributed by atoms with Gasteiger partial charge in [0.05, 0.1) is 11.8 Å². The van der Waals surface area contributed by atoms with Crippen LogP contribution in [0.3, 0.4) is 0 Å². The monoisotopic (exact) mass is 366 g/mol. The van der Waals surface area contributed by atoms with Gasteiger partial charge in [0.1, 0.15) is 0 Å². The van der Waals surface area contributed by atoms with Crippen molar-refractivity contribution in [2.24, 2.45) is 5.92 Å². The average molecular weight is 366 g/mol. The lowest BCUT2D eigenvalue weighted by Crippen LogP contribution is -2.28. The third-order valence-corrected chi connectivity index (χ3v) is 4.85. The number of aliphatic carboxylic acids is 1. The third kappa shape index (κ3) is 4.53. The lowest BCUT2D eigenvalue weighted by Gasteiger charge is -2.16. The van der Waals surface area contributed by atoms with Gasteiger partial charge in [0.25, 0.3) is 0 Å². The van der Waals surface area contributed by atoms with Crippen molar-refractivity contribution in [3.63, 3.8) is 0 Å². The molecule has 1 aliphatic rings. The molecule has 0 spiro atoms. The van der Waals surface area contributed by atoms with Crippen LogP contribution in [0.1, 0.15) is 30.4 Å². The van der Waals surface area contributed by atoms with E-state index in [2.05, 4.69) is 5.32 Å². The molecular weight excluding hydrogens is 344 g/mol. The number of hydrogen-bond acceptors (Lipinski definition) is 3. The summed E-state index contributed by atoms with van der Waals surface area (Å²) in [6.07, 6.45) is 0.201. The van der Waals surface area contributed by atoms with E-state index in [4.69, 9.17) is 5.11 Å². The Bertz CT molecular complexity index is 833. The lowest BCUT2D eigenvalue weighted by atomic mass is 10.0. The maximum absolute atomic E-state index is 12.5. The van der Waals surface area contributed by atoms with Gasteiger partial charge in [-0.1, -0.05) is 42.5 Å². The van der Waals surface area contributed by atoms with Crippen molar-refractivity contribution in [2.45, 2.75) is 25.8 Å². The van der Waals surface area contributed by atoms with E-state index in [0.29, 0.717) is 24.3 Å². The molecule has 2 aromatic carbocycles. The van der Waals surface area contributed by atoms with Crippen LogP contribution in [0.5, 0.6) is 0 Å². The summed E-state index contributed by atoms with van der Waals surface area (Å²) in [4.78, 5) is 37.4. The fourth-order valence-electron chi connectivity index (χ4n) is 3.15. The summed E-state index contributed by atoms with van der Waals surface area (Å²) in [5, 5.41) is 11.9. The Labute approximate surface area is 157 Å². The number of carbonyl (C=O) groups is 3. The molecule has 6 heteroatoms. The molecule has 27 heavy (non-hydrogen) atoms. The number of carbonyl (C=O) groups excluding carboxylic acids is 2. The second kappa shape index (κ2) is 8.03. The zero-order chi connectivity index (χ0) is 19.4. The van der Waals surface area contributed by atoms with Gasteiger partial charge in [0, 0.05) is 25.2 Å². The SMILES string of the molecule is CC(C(=O)O)c1ccc(NC(=O)C2CC(=O)N(Cc3ccccc3)C2)cc1. The highest BCUT2D eigenvalue weighted by atomic mass is 16.4. The zero-order valence-electron chi connectivity index (χ0n) is 15.1. The smallest absolute Gasteiger partial charge is 0.310 e. The number of benzene rings is 2. The normalized spacial score (nSPS) is 17.6. The highest BCUT2D eigenvalue weighted by Gasteiger charge is 2.34. The summed E-state index contributed by atoms with van der Waals surface area (Å²) in [5.41, 5.74) is 2.30. The molecule has 6 nitrogen and oxygen atoms in total. The summed E-state index contributed by atoms with van der Waals surface area (Å²) in [7, 11) is 0. The van der Waals surface area contributed by atoms with Crippen molar-refractivity contribution in [1.29, 1.82) is 0 Å². The van der Waals surface area contributed by atoms with Crippen molar-refractivity contribution >= 4 is 23.5 Å². The average Bonchev–Trinajstić information content (AvgIpc) is 3.03. The van der Waals surface area contributed by atoms with Crippen molar-refractivity contribution in [1.82, 2.24) is 4.90 Å². The Morgan fingerprint density at radius 2 is 1.81 bits per heavy atom. The Morgan fingerprint density at radius 1 is 1.15 bits per heavy atom. The molecule has 0 saturated carbocycles. The van der Waals surface area contributed by atoms with Gasteiger partial charge in [0.15, 0.2) is 0 Å². The number of nitrogens with one attached hydrogen (secondary N) is 1. The van der Waals surface area contributed by atoms with Crippen LogP contribution in [0.2, 0.25) is 0 Å². The van der Waals surface area contributed by atoms with Gasteiger partial charge in [-0.25, -0.2) is 0 Å². The van der Waals surface area contributed by atoms with E-state index in [1.165, 1.54) is 0 Å². The Morgan fingerprint density at radius 3 is 2.44 bits per heavy atom. The van der Waals surface area contributed by atoms with Gasteiger partial charge in [0.2, 0.25) is 11.8 Å². The summed E-state index contributed by atoms with van der Waals surface area (Å²) in [5.74, 6) is -2.11. The van der Waals surface area contributed by atoms with Crippen LogP contribution in [0.15, 0.2) is 54.6 Å². The number of carboxylic acids is 1. The first-order valence-electron chi connectivity index (χ1n) is 8.89. The van der Waals surface area contributed by atoms with Crippen molar-refractivity contribution in [3.8, 4) is 0 Å². The van der Waals surface area contributed by atoms with Crippen LogP contribution < -0.4 is 5.32 Å². The summed E-state index contributed by atoms with van der Waals surface area (Å²) < 4.78 is 0. The highest BCUT2D eigenvalue weighted by molar-refractivity contribution is 5.97. The Kier molecular flexibility index (Phi) is 5.54. The van der Waals surface area contributed by atoms with E-state index < -0.39 is 11.9 Å². The van der Waals surface area contributed by atoms with E-state index >= 15 is 0 Å². The molecule has 1 heterocycles. The van der Waals surface area contributed by atoms with Crippen molar-refractivity contribution < 1.29 is 19.5 Å². The molecule has 2 N–H and O–H groups in total. The number of carboxylic acid groups (broad SMARTS) is 1. The predicted octanol–water partition coefficient (Wildman–Crippen LogP) is 2.86. The molecule has 3 rings (SSSR count). The molecule has 0 bridgehead atoms. The Hall–Kier alpha value is -3.15. The molecule has 0 radical (unpaired) electrons. The summed E-state index contributed by atoms with van der Waals surface area (Å²) >= 11 is 0. The largest absolute Gasteiger partial charge is 0.481 e. The van der Waals surface area contributed by atoms with Crippen LogP contribution in [-0.4, -0.2) is 34.3 Å². The minimum Gasteiger partial charge on any atom is -0.481 e. The number of hydrogen-bond donors (Lipinski definition) is 2. The van der Waals surface area contributed by atoms with Crippen LogP contribution >= 0.6 is 0 Å². The number of rotatable bonds is 6. The quantitative estimate of drug-likeness (QED) is 0.823. The van der Waals surface area contributed by atoms with Gasteiger partial charge < -0.3 is 15.3 Å². The number of anilines is 1. The molecular formula is C21H22N2O4. The first-order valence-corrected chi connectivity index (χ1v) is 8.89. The molecule has 0 aliphatic carbocycles. The Balaban J connectivity index is 1.58. The van der Waals surface area contributed by atoms with Crippen molar-refractivity contribution in [2.75, 3.05) is 11.9 Å². The lowest BCUT2D eigenvalue weighted by molar-refractivity contribution is -0.138. The summed E-state index contributed by atoms with van der Waals surface area (Å²) in [6, 6.07) is 16.4. The van der Waals surface area contributed by atoms with E-state index in [9.17, 15) is 14.4 Å². The maximum Gasteiger partial charge on any atom is 0.310 e. The van der Waals surface area contributed by atoms with Crippen LogP contribution in [0.4, 0.5) is 5.69 Å². The molecule has 2 amide bonds. The van der Waals surface area contributed by atoms with E-state index in [1.54, 1.807) is 36.1 Å². The molecule has 2 unspecified atom stereocenters. The van der Waals surface area contributed by atoms with E-state index in [0.717, 1.165) is 5.56 Å². The zero-order valence-corrected chi connectivity index (χ0v) is 15.1. The molecule has 1 aliphatic heterocycles. The van der Waals surface area contributed by atoms with E-state index in [1.807, 2.05) is 30.3 Å². The molecule has 140 valence electrons. The van der Waals surface area contributed by atoms with Gasteiger partial charge in [-0.3, -0.25) is 14.4 Å². The minimum absolute atomic E-state index is 0.0235. The highest BCUT2D eigenvalue weighted by Crippen LogP contribution is 2.23. The fourth-order valence-corrected chi connectivity index (χ4v) is 3.15. The number of amides is 2. The fraction of sp³-hybridized carbons (Fsp3) is 0.286. The molecule has 1 fully saturated rings. The first-order chi connectivity index (χ1) is 12.9. The molecule has 0 aromatic heterocycles. The molecule has 2 aromatic rings. The number of nitrogens with zero attached hydrogens (tertiary/aromatic N) is 1. The second-order valence-corrected chi connectivity index (χ2v) is 6.83. The number of likely N-dealkylation sites (tertiary alicyclic amines) is 1. The van der Waals surface area contributed by atoms with Gasteiger partial charge in [-0.2, -0.15) is 0 Å². The second-order valence-electron chi connectivity index (χ2n) is 6.83. The van der Waals surface area contributed by atoms with Crippen molar-refractivity contribution in [3.05, 3.63) is 65.7 Å². The van der Waals surface area contributed by atoms with Crippen LogP contribution in [0, 0.1) is 5.92 Å². The van der Waals surface area contributed by atoms with Crippen LogP contribution in [-0.2, 0) is 20.9 Å². The van der Waals surface area contributed by atoms with Gasteiger partial charge in [-0.15, -0.1) is 0 Å². The molecule has 1 saturated heterocycles. The van der Waals surface area contributed by atoms with Gasteiger partial charge >= 0.3 is 5.97 Å².